The van der Waals surface area contributed by atoms with Crippen LogP contribution in [0.5, 0.6) is 0 Å². The summed E-state index contributed by atoms with van der Waals surface area (Å²) in [4.78, 5) is 10.3. The Bertz CT molecular complexity index is 346. The van der Waals surface area contributed by atoms with Gasteiger partial charge in [0, 0.05) is 12.0 Å². The molecule has 0 saturated heterocycles. The van der Waals surface area contributed by atoms with Gasteiger partial charge in [0.15, 0.2) is 0 Å². The lowest BCUT2D eigenvalue weighted by Gasteiger charge is -2.36. The molecule has 88 valence electrons. The first kappa shape index (κ1) is 12.8. The number of allylic oxidation sites excluding steroid dienone is 5. The molecule has 2 heteroatoms. The fourth-order valence-corrected chi connectivity index (χ4v) is 2.30. The zero-order chi connectivity index (χ0) is 12.2. The molecule has 0 aromatic rings. The summed E-state index contributed by atoms with van der Waals surface area (Å²) in [5.74, 6) is -0.487. The minimum atomic E-state index is -0.903. The monoisotopic (exact) mass is 220 g/mol. The molecule has 0 aliphatic heterocycles. The molecule has 1 unspecified atom stereocenters. The van der Waals surface area contributed by atoms with Gasteiger partial charge in [-0.05, 0) is 25.2 Å². The summed E-state index contributed by atoms with van der Waals surface area (Å²) in [6.45, 7) is 6.68. The van der Waals surface area contributed by atoms with Crippen LogP contribution in [0.4, 0.5) is 0 Å². The Morgan fingerprint density at radius 1 is 1.50 bits per heavy atom. The molecule has 2 nitrogen and oxygen atoms in total. The number of rotatable bonds is 3. The second-order valence-corrected chi connectivity index (χ2v) is 5.04. The highest BCUT2D eigenvalue weighted by atomic mass is 16.4. The third-order valence-corrected chi connectivity index (χ3v) is 3.24. The van der Waals surface area contributed by atoms with E-state index < -0.39 is 5.97 Å². The smallest absolute Gasteiger partial charge is 0.328 e. The Morgan fingerprint density at radius 3 is 2.75 bits per heavy atom. The van der Waals surface area contributed by atoms with Gasteiger partial charge < -0.3 is 5.11 Å². The van der Waals surface area contributed by atoms with E-state index in [9.17, 15) is 4.79 Å². The van der Waals surface area contributed by atoms with Crippen LogP contribution in [0.3, 0.4) is 0 Å². The number of carbonyl (C=O) groups is 1. The average Bonchev–Trinajstić information content (AvgIpc) is 2.14. The highest BCUT2D eigenvalue weighted by Crippen LogP contribution is 2.41. The van der Waals surface area contributed by atoms with Crippen LogP contribution >= 0.6 is 0 Å². The maximum atomic E-state index is 10.3. The van der Waals surface area contributed by atoms with Crippen molar-refractivity contribution in [3.05, 3.63) is 36.0 Å². The van der Waals surface area contributed by atoms with Crippen LogP contribution in [0.25, 0.3) is 0 Å². The van der Waals surface area contributed by atoms with Crippen molar-refractivity contribution in [3.63, 3.8) is 0 Å². The second kappa shape index (κ2) is 5.15. The zero-order valence-corrected chi connectivity index (χ0v) is 10.2. The molecular formula is C14H20O2. The van der Waals surface area contributed by atoms with Gasteiger partial charge in [0.05, 0.1) is 0 Å². The number of carboxylic acid groups (broad SMARTS) is 1. The predicted molar refractivity (Wildman–Crippen MR) is 66.2 cm³/mol. The molecule has 0 amide bonds. The first-order valence-electron chi connectivity index (χ1n) is 5.68. The van der Waals surface area contributed by atoms with Crippen LogP contribution in [-0.4, -0.2) is 11.1 Å². The van der Waals surface area contributed by atoms with Crippen LogP contribution < -0.4 is 0 Å². The van der Waals surface area contributed by atoms with Gasteiger partial charge in [-0.15, -0.1) is 0 Å². The fourth-order valence-electron chi connectivity index (χ4n) is 2.30. The molecule has 0 saturated carbocycles. The molecule has 1 aliphatic carbocycles. The second-order valence-electron chi connectivity index (χ2n) is 5.04. The van der Waals surface area contributed by atoms with E-state index in [-0.39, 0.29) is 5.41 Å². The molecule has 1 rings (SSSR count). The van der Waals surface area contributed by atoms with E-state index in [4.69, 9.17) is 5.11 Å². The molecule has 0 heterocycles. The average molecular weight is 220 g/mol. The van der Waals surface area contributed by atoms with Gasteiger partial charge in [-0.25, -0.2) is 4.79 Å². The van der Waals surface area contributed by atoms with Crippen molar-refractivity contribution >= 4 is 5.97 Å². The van der Waals surface area contributed by atoms with E-state index >= 15 is 0 Å². The molecule has 1 N–H and O–H groups in total. The van der Waals surface area contributed by atoms with Crippen molar-refractivity contribution < 1.29 is 9.90 Å². The minimum Gasteiger partial charge on any atom is -0.478 e. The standard InChI is InChI=1S/C14H20O2/c1-11-7-6-10-14(2,3)12(11)8-4-5-9-13(15)16/h4-5,7-9,12H,6,10H2,1-3H3,(H,15,16). The summed E-state index contributed by atoms with van der Waals surface area (Å²) in [5.41, 5.74) is 1.66. The van der Waals surface area contributed by atoms with Crippen molar-refractivity contribution in [2.75, 3.05) is 0 Å². The van der Waals surface area contributed by atoms with E-state index in [1.807, 2.05) is 6.08 Å². The van der Waals surface area contributed by atoms with Gasteiger partial charge in [0.25, 0.3) is 0 Å². The molecule has 16 heavy (non-hydrogen) atoms. The summed E-state index contributed by atoms with van der Waals surface area (Å²) >= 11 is 0. The lowest BCUT2D eigenvalue weighted by molar-refractivity contribution is -0.131. The summed E-state index contributed by atoms with van der Waals surface area (Å²) in [6.07, 6.45) is 11.3. The van der Waals surface area contributed by atoms with Crippen molar-refractivity contribution in [1.82, 2.24) is 0 Å². The Labute approximate surface area is 97.4 Å². The molecule has 0 aromatic carbocycles. The van der Waals surface area contributed by atoms with Gasteiger partial charge in [-0.3, -0.25) is 0 Å². The minimum absolute atomic E-state index is 0.270. The fraction of sp³-hybridized carbons (Fsp3) is 0.500. The van der Waals surface area contributed by atoms with Crippen LogP contribution in [0, 0.1) is 11.3 Å². The first-order chi connectivity index (χ1) is 7.43. The van der Waals surface area contributed by atoms with Gasteiger partial charge >= 0.3 is 5.97 Å². The highest BCUT2D eigenvalue weighted by Gasteiger charge is 2.30. The largest absolute Gasteiger partial charge is 0.478 e. The Hall–Kier alpha value is -1.31. The number of hydrogen-bond donors (Lipinski definition) is 1. The number of aliphatic carboxylic acids is 1. The Balaban J connectivity index is 2.74. The SMILES string of the molecule is CC1=CCCC(C)(C)C1C=CC=CC(=O)O. The molecule has 0 aromatic heterocycles. The molecule has 0 spiro atoms. The summed E-state index contributed by atoms with van der Waals surface area (Å²) < 4.78 is 0. The van der Waals surface area contributed by atoms with Gasteiger partial charge in [-0.2, -0.15) is 0 Å². The van der Waals surface area contributed by atoms with E-state index in [0.29, 0.717) is 5.92 Å². The maximum absolute atomic E-state index is 10.3. The Morgan fingerprint density at radius 2 is 2.19 bits per heavy atom. The van der Waals surface area contributed by atoms with Crippen LogP contribution in [-0.2, 0) is 4.79 Å². The van der Waals surface area contributed by atoms with E-state index in [2.05, 4.69) is 32.9 Å². The van der Waals surface area contributed by atoms with Crippen molar-refractivity contribution in [2.24, 2.45) is 11.3 Å². The topological polar surface area (TPSA) is 37.3 Å². The molecule has 1 atom stereocenters. The highest BCUT2D eigenvalue weighted by molar-refractivity contribution is 5.80. The summed E-state index contributed by atoms with van der Waals surface area (Å²) in [7, 11) is 0. The molecule has 0 fully saturated rings. The third-order valence-electron chi connectivity index (χ3n) is 3.24. The summed E-state index contributed by atoms with van der Waals surface area (Å²) in [6, 6.07) is 0. The van der Waals surface area contributed by atoms with Crippen molar-refractivity contribution in [3.8, 4) is 0 Å². The normalized spacial score (nSPS) is 24.9. The van der Waals surface area contributed by atoms with Crippen LogP contribution in [0.15, 0.2) is 36.0 Å². The maximum Gasteiger partial charge on any atom is 0.328 e. The number of carboxylic acids is 1. The van der Waals surface area contributed by atoms with Crippen molar-refractivity contribution in [1.29, 1.82) is 0 Å². The molecule has 0 bridgehead atoms. The Kier molecular flexibility index (Phi) is 4.11. The van der Waals surface area contributed by atoms with Gasteiger partial charge in [0.1, 0.15) is 0 Å². The van der Waals surface area contributed by atoms with Gasteiger partial charge in [0.2, 0.25) is 0 Å². The van der Waals surface area contributed by atoms with Crippen LogP contribution in [0.2, 0.25) is 0 Å². The molecule has 1 aliphatic rings. The summed E-state index contributed by atoms with van der Waals surface area (Å²) in [5, 5.41) is 8.47. The zero-order valence-electron chi connectivity index (χ0n) is 10.2. The molecular weight excluding hydrogens is 200 g/mol. The van der Waals surface area contributed by atoms with Gasteiger partial charge in [-0.1, -0.05) is 43.7 Å². The van der Waals surface area contributed by atoms with Crippen molar-refractivity contribution in [2.45, 2.75) is 33.6 Å². The lowest BCUT2D eigenvalue weighted by Crippen LogP contribution is -2.26. The van der Waals surface area contributed by atoms with E-state index in [0.717, 1.165) is 12.5 Å². The quantitative estimate of drug-likeness (QED) is 0.448. The number of hydrogen-bond acceptors (Lipinski definition) is 1. The van der Waals surface area contributed by atoms with Crippen LogP contribution in [0.1, 0.15) is 33.6 Å². The predicted octanol–water partition coefficient (Wildman–Crippen LogP) is 3.57. The van der Waals surface area contributed by atoms with E-state index in [1.54, 1.807) is 6.08 Å². The lowest BCUT2D eigenvalue weighted by atomic mass is 9.68. The molecule has 0 radical (unpaired) electrons. The van der Waals surface area contributed by atoms with E-state index in [1.165, 1.54) is 12.0 Å². The third kappa shape index (κ3) is 3.37. The first-order valence-corrected chi connectivity index (χ1v) is 5.68.